The van der Waals surface area contributed by atoms with E-state index in [1.54, 1.807) is 26.0 Å². The van der Waals surface area contributed by atoms with Gasteiger partial charge in [0.25, 0.3) is 0 Å². The third kappa shape index (κ3) is 2.75. The number of phenols is 2. The molecule has 3 N–H and O–H groups in total. The van der Waals surface area contributed by atoms with Gasteiger partial charge in [-0.25, -0.2) is 4.79 Å². The van der Waals surface area contributed by atoms with Crippen molar-refractivity contribution in [1.82, 2.24) is 0 Å². The summed E-state index contributed by atoms with van der Waals surface area (Å²) in [6.07, 6.45) is -0.414. The lowest BCUT2D eigenvalue weighted by Gasteiger charge is -2.37. The predicted molar refractivity (Wildman–Crippen MR) is 102 cm³/mol. The van der Waals surface area contributed by atoms with E-state index in [1.165, 1.54) is 19.2 Å². The van der Waals surface area contributed by atoms with Crippen LogP contribution in [0.2, 0.25) is 0 Å². The van der Waals surface area contributed by atoms with Crippen molar-refractivity contribution in [3.05, 3.63) is 46.3 Å². The number of aromatic hydroxyl groups is 2. The van der Waals surface area contributed by atoms with Crippen molar-refractivity contribution < 1.29 is 29.2 Å². The Morgan fingerprint density at radius 2 is 1.89 bits per heavy atom. The maximum Gasteiger partial charge on any atom is 0.344 e. The van der Waals surface area contributed by atoms with E-state index in [2.05, 4.69) is 0 Å². The second-order valence-corrected chi connectivity index (χ2v) is 7.37. The lowest BCUT2D eigenvalue weighted by molar-refractivity contribution is -0.0415. The molecule has 7 heteroatoms. The van der Waals surface area contributed by atoms with Crippen molar-refractivity contribution in [3.63, 3.8) is 0 Å². The molecule has 0 saturated carbocycles. The molecule has 7 nitrogen and oxygen atoms in total. The minimum Gasteiger partial charge on any atom is -0.508 e. The molecule has 4 rings (SSSR count). The topological polar surface area (TPSA) is 109 Å². The van der Waals surface area contributed by atoms with Gasteiger partial charge in [-0.3, -0.25) is 0 Å². The van der Waals surface area contributed by atoms with Crippen LogP contribution >= 0.6 is 0 Å². The summed E-state index contributed by atoms with van der Waals surface area (Å²) in [7, 11) is 1.49. The zero-order valence-electron chi connectivity index (χ0n) is 15.6. The number of aliphatic hydroxyl groups is 1. The number of benzene rings is 2. The predicted octanol–water partition coefficient (Wildman–Crippen LogP) is 2.95. The van der Waals surface area contributed by atoms with Crippen LogP contribution in [0.4, 0.5) is 0 Å². The number of rotatable bonds is 2. The van der Waals surface area contributed by atoms with Crippen LogP contribution < -0.4 is 15.1 Å². The Morgan fingerprint density at radius 3 is 2.57 bits per heavy atom. The van der Waals surface area contributed by atoms with Gasteiger partial charge in [0.2, 0.25) is 0 Å². The molecule has 0 radical (unpaired) electrons. The van der Waals surface area contributed by atoms with Crippen molar-refractivity contribution in [2.24, 2.45) is 0 Å². The van der Waals surface area contributed by atoms with Crippen LogP contribution in [0, 0.1) is 0 Å². The van der Waals surface area contributed by atoms with Gasteiger partial charge >= 0.3 is 5.63 Å². The van der Waals surface area contributed by atoms with Gasteiger partial charge in [-0.2, -0.15) is 0 Å². The van der Waals surface area contributed by atoms with Gasteiger partial charge in [0, 0.05) is 29.7 Å². The third-order valence-corrected chi connectivity index (χ3v) is 5.10. The largest absolute Gasteiger partial charge is 0.508 e. The smallest absolute Gasteiger partial charge is 0.344 e. The molecule has 2 aromatic carbocycles. The van der Waals surface area contributed by atoms with Crippen molar-refractivity contribution in [3.8, 4) is 34.1 Å². The monoisotopic (exact) mass is 384 g/mol. The molecule has 28 heavy (non-hydrogen) atoms. The van der Waals surface area contributed by atoms with Gasteiger partial charge in [-0.05, 0) is 32.0 Å². The standard InChI is InChI=1S/C21H20O7/c1-21(2)18(24)8-14-17(28-21)9-16-13(19(14)26-3)7-12(20(25)27-16)11-5-4-10(22)6-15(11)23/h4-7,9,18,22-24H,8H2,1-3H3/t18-/m1/s1. The SMILES string of the molecule is COc1c2c(cc3oc(=O)c(-c4ccc(O)cc4O)cc13)OC(C)(C)[C@H](O)C2. The molecule has 1 aromatic heterocycles. The Bertz CT molecular complexity index is 1140. The maximum atomic E-state index is 12.6. The summed E-state index contributed by atoms with van der Waals surface area (Å²) in [5, 5.41) is 30.5. The summed E-state index contributed by atoms with van der Waals surface area (Å²) in [6.45, 7) is 3.56. The van der Waals surface area contributed by atoms with Crippen molar-refractivity contribution in [2.75, 3.05) is 7.11 Å². The molecule has 0 aliphatic carbocycles. The summed E-state index contributed by atoms with van der Waals surface area (Å²) in [4.78, 5) is 12.6. The molecule has 0 amide bonds. The number of fused-ring (bicyclic) bond motifs is 2. The van der Waals surface area contributed by atoms with Gasteiger partial charge in [0.05, 0.1) is 24.2 Å². The van der Waals surface area contributed by atoms with E-state index >= 15 is 0 Å². The van der Waals surface area contributed by atoms with Crippen molar-refractivity contribution >= 4 is 11.0 Å². The van der Waals surface area contributed by atoms with Gasteiger partial charge in [0.1, 0.15) is 34.2 Å². The first-order valence-electron chi connectivity index (χ1n) is 8.78. The van der Waals surface area contributed by atoms with Gasteiger partial charge in [0.15, 0.2) is 0 Å². The Morgan fingerprint density at radius 1 is 1.14 bits per heavy atom. The number of aliphatic hydroxyl groups excluding tert-OH is 1. The number of hydrogen-bond acceptors (Lipinski definition) is 7. The van der Waals surface area contributed by atoms with Crippen LogP contribution in [0.15, 0.2) is 39.5 Å². The number of ether oxygens (including phenoxy) is 2. The highest BCUT2D eigenvalue weighted by molar-refractivity contribution is 5.91. The van der Waals surface area contributed by atoms with Gasteiger partial charge < -0.3 is 29.2 Å². The fourth-order valence-corrected chi connectivity index (χ4v) is 3.49. The minimum absolute atomic E-state index is 0.119. The molecule has 0 saturated heterocycles. The van der Waals surface area contributed by atoms with Crippen molar-refractivity contribution in [2.45, 2.75) is 32.0 Å². The Labute approximate surface area is 160 Å². The summed E-state index contributed by atoms with van der Waals surface area (Å²) < 4.78 is 17.0. The first kappa shape index (κ1) is 18.2. The van der Waals surface area contributed by atoms with Crippen LogP contribution in [0.3, 0.4) is 0 Å². The fourth-order valence-electron chi connectivity index (χ4n) is 3.49. The van der Waals surface area contributed by atoms with Crippen LogP contribution in [0.5, 0.6) is 23.0 Å². The summed E-state index contributed by atoms with van der Waals surface area (Å²) in [5.41, 5.74) is -0.132. The molecule has 0 spiro atoms. The molecule has 0 bridgehead atoms. The average Bonchev–Trinajstić information content (AvgIpc) is 2.61. The van der Waals surface area contributed by atoms with Crippen LogP contribution in [-0.4, -0.2) is 34.1 Å². The number of hydrogen-bond donors (Lipinski definition) is 3. The molecule has 146 valence electrons. The molecule has 2 heterocycles. The maximum absolute atomic E-state index is 12.6. The second kappa shape index (κ2) is 6.17. The molecule has 0 fully saturated rings. The highest BCUT2D eigenvalue weighted by atomic mass is 16.5. The number of phenolic OH excluding ortho intramolecular Hbond substituents is 2. The summed E-state index contributed by atoms with van der Waals surface area (Å²) in [6, 6.07) is 7.13. The summed E-state index contributed by atoms with van der Waals surface area (Å²) in [5.74, 6) is 0.559. The zero-order chi connectivity index (χ0) is 20.2. The van der Waals surface area contributed by atoms with Gasteiger partial charge in [-0.15, -0.1) is 0 Å². The second-order valence-electron chi connectivity index (χ2n) is 7.37. The van der Waals surface area contributed by atoms with E-state index in [0.29, 0.717) is 28.9 Å². The Balaban J connectivity index is 1.99. The highest BCUT2D eigenvalue weighted by Gasteiger charge is 2.38. The highest BCUT2D eigenvalue weighted by Crippen LogP contribution is 2.44. The van der Waals surface area contributed by atoms with Crippen LogP contribution in [0.25, 0.3) is 22.1 Å². The number of methoxy groups -OCH3 is 1. The third-order valence-electron chi connectivity index (χ3n) is 5.10. The molecular weight excluding hydrogens is 364 g/mol. The van der Waals surface area contributed by atoms with E-state index in [1.807, 2.05) is 0 Å². The van der Waals surface area contributed by atoms with Crippen LogP contribution in [-0.2, 0) is 6.42 Å². The minimum atomic E-state index is -0.788. The van der Waals surface area contributed by atoms with Gasteiger partial charge in [-0.1, -0.05) is 0 Å². The first-order valence-corrected chi connectivity index (χ1v) is 8.78. The quantitative estimate of drug-likeness (QED) is 0.583. The van der Waals surface area contributed by atoms with E-state index in [0.717, 1.165) is 6.07 Å². The lowest BCUT2D eigenvalue weighted by atomic mass is 9.89. The fraction of sp³-hybridized carbons (Fsp3) is 0.286. The lowest BCUT2D eigenvalue weighted by Crippen LogP contribution is -2.46. The van der Waals surface area contributed by atoms with E-state index in [4.69, 9.17) is 13.9 Å². The molecule has 3 aromatic rings. The summed E-state index contributed by atoms with van der Waals surface area (Å²) >= 11 is 0. The van der Waals surface area contributed by atoms with Crippen molar-refractivity contribution in [1.29, 1.82) is 0 Å². The Kier molecular flexibility index (Phi) is 4.01. The van der Waals surface area contributed by atoms with E-state index in [-0.39, 0.29) is 28.2 Å². The normalized spacial score (nSPS) is 17.8. The van der Waals surface area contributed by atoms with E-state index in [9.17, 15) is 20.1 Å². The molecule has 1 aliphatic heterocycles. The molecule has 0 unspecified atom stereocenters. The Hall–Kier alpha value is -3.19. The van der Waals surface area contributed by atoms with Crippen LogP contribution in [0.1, 0.15) is 19.4 Å². The molecule has 1 aliphatic rings. The molecular formula is C21H20O7. The van der Waals surface area contributed by atoms with E-state index < -0.39 is 17.3 Å². The molecule has 1 atom stereocenters. The zero-order valence-corrected chi connectivity index (χ0v) is 15.6. The average molecular weight is 384 g/mol. The first-order chi connectivity index (χ1) is 13.2.